The third-order valence-corrected chi connectivity index (χ3v) is 21.2. The number of aliphatic carboxylic acids is 2. The van der Waals surface area contributed by atoms with Crippen LogP contribution in [0.4, 0.5) is 105 Å². The minimum atomic E-state index is -5.19. The molecule has 6 rings (SSSR count). The van der Waals surface area contributed by atoms with Crippen molar-refractivity contribution < 1.29 is 145 Å². The van der Waals surface area contributed by atoms with E-state index in [0.29, 0.717) is 72.8 Å². The van der Waals surface area contributed by atoms with E-state index in [1.807, 2.05) is 0 Å². The summed E-state index contributed by atoms with van der Waals surface area (Å²) in [6, 6.07) is 21.6. The Morgan fingerprint density at radius 3 is 0.554 bits per heavy atom. The standard InChI is InChI=1S/C47H33F18P3.2C2HF3O2.Ru/c1-41(26-66(35-14-2-8-29(20-35)42(48,49)50)36-15-3-9-30(21-36)43(51,52)53,27-67(37-16-4-10-31(22-37)44(54,55)56)38-17-5-11-32(23-38)45(57,58)59)28-68(39-18-6-12-33(24-39)46(60,61)62)40-19-7-13-34(25-40)47(63,64)65;2*3-2(4,5)1(6)7;/h2-25H,26-28H2,1H3;2*(H,6,7);/q;;;+2/p+1. The van der Waals surface area contributed by atoms with Gasteiger partial charge in [0.15, 0.2) is 0 Å². The number of hydrogen-bond acceptors (Lipinski definition) is 4. The Hall–Kier alpha value is -5.51. The van der Waals surface area contributed by atoms with Crippen LogP contribution >= 0.6 is 23.8 Å². The van der Waals surface area contributed by atoms with Gasteiger partial charge in [0.1, 0.15) is 11.9 Å². The maximum Gasteiger partial charge on any atom is 2.00 e. The second-order valence-corrected chi connectivity index (χ2v) is 25.2. The Morgan fingerprint density at radius 2 is 0.446 bits per heavy atom. The zero-order valence-corrected chi connectivity index (χ0v) is 45.8. The van der Waals surface area contributed by atoms with E-state index in [0.717, 1.165) is 36.4 Å². The largest absolute Gasteiger partial charge is 2.00 e. The monoisotopic (exact) mass is 1360 g/mol. The molecule has 0 unspecified atom stereocenters. The van der Waals surface area contributed by atoms with E-state index in [2.05, 4.69) is 0 Å². The molecule has 83 heavy (non-hydrogen) atoms. The van der Waals surface area contributed by atoms with Crippen LogP contribution in [0.1, 0.15) is 40.3 Å². The van der Waals surface area contributed by atoms with Crippen molar-refractivity contribution in [3.8, 4) is 0 Å². The zero-order chi connectivity index (χ0) is 62.4. The van der Waals surface area contributed by atoms with Gasteiger partial charge in [-0.3, -0.25) is 0 Å². The van der Waals surface area contributed by atoms with E-state index < -0.39 is 142 Å². The molecule has 6 aromatic carbocycles. The summed E-state index contributed by atoms with van der Waals surface area (Å²) < 4.78 is 321. The van der Waals surface area contributed by atoms with Crippen LogP contribution in [0.3, 0.4) is 0 Å². The van der Waals surface area contributed by atoms with Crippen molar-refractivity contribution in [2.45, 2.75) is 56.3 Å². The predicted octanol–water partition coefficient (Wildman–Crippen LogP) is 12.3. The summed E-state index contributed by atoms with van der Waals surface area (Å²) in [6.45, 7) is 1.41. The number of benzene rings is 6. The molecule has 0 saturated heterocycles. The Kier molecular flexibility index (Phi) is 23.6. The topological polar surface area (TPSA) is 80.3 Å². The molecule has 0 heterocycles. The fourth-order valence-electron chi connectivity index (χ4n) is 7.88. The molecule has 0 aromatic heterocycles. The number of carboxylic acids is 2. The van der Waals surface area contributed by atoms with Crippen molar-refractivity contribution in [3.05, 3.63) is 179 Å². The van der Waals surface area contributed by atoms with Crippen LogP contribution in [0.15, 0.2) is 146 Å². The first-order chi connectivity index (χ1) is 37.2. The molecule has 32 heteroatoms. The number of halogens is 24. The Bertz CT molecular complexity index is 2660. The number of carbonyl (C=O) groups excluding carboxylic acids is 2. The van der Waals surface area contributed by atoms with Crippen molar-refractivity contribution >= 4 is 67.5 Å². The van der Waals surface area contributed by atoms with E-state index in [9.17, 15) is 105 Å². The summed E-state index contributed by atoms with van der Waals surface area (Å²) in [6.07, 6.45) is -41.8. The fourth-order valence-corrected chi connectivity index (χ4v) is 17.9. The summed E-state index contributed by atoms with van der Waals surface area (Å²) in [5, 5.41) is 16.7. The average molecular weight is 1360 g/mol. The van der Waals surface area contributed by atoms with Gasteiger partial charge in [0.25, 0.3) is 0 Å². The van der Waals surface area contributed by atoms with Gasteiger partial charge in [-0.1, -0.05) is 36.4 Å². The first-order valence-corrected chi connectivity index (χ1v) is 27.5. The first-order valence-electron chi connectivity index (χ1n) is 22.4. The second kappa shape index (κ2) is 27.2. The molecule has 0 aliphatic carbocycles. The van der Waals surface area contributed by atoms with E-state index in [-0.39, 0.29) is 51.3 Å². The van der Waals surface area contributed by atoms with Gasteiger partial charge in [-0.25, -0.2) is 0 Å². The molecule has 6 aromatic rings. The second-order valence-electron chi connectivity index (χ2n) is 17.8. The van der Waals surface area contributed by atoms with Crippen LogP contribution in [-0.2, 0) is 66.1 Å². The fraction of sp³-hybridized carbons (Fsp3) is 0.255. The quantitative estimate of drug-likeness (QED) is 0.0695. The summed E-state index contributed by atoms with van der Waals surface area (Å²) >= 11 is 0. The Labute approximate surface area is 469 Å². The van der Waals surface area contributed by atoms with Gasteiger partial charge >= 0.3 is 68.9 Å². The molecule has 0 fully saturated rings. The molecule has 4 nitrogen and oxygen atoms in total. The number of hydrogen-bond donors (Lipinski definition) is 0. The van der Waals surface area contributed by atoms with Gasteiger partial charge < -0.3 is 19.8 Å². The number of carbonyl (C=O) groups is 2. The minimum absolute atomic E-state index is 0. The molecule has 0 N–H and O–H groups in total. The van der Waals surface area contributed by atoms with Crippen molar-refractivity contribution in [3.63, 3.8) is 0 Å². The molecule has 0 aliphatic heterocycles. The molecule has 0 atom stereocenters. The summed E-state index contributed by atoms with van der Waals surface area (Å²) in [5.74, 6) is -6.01. The molecular weight excluding hydrogens is 1330 g/mol. The maximum atomic E-state index is 14.3. The smallest absolute Gasteiger partial charge is 0.542 e. The van der Waals surface area contributed by atoms with Gasteiger partial charge in [-0.05, 0) is 116 Å². The molecule has 0 spiro atoms. The van der Waals surface area contributed by atoms with Gasteiger partial charge in [0.2, 0.25) is 0 Å². The van der Waals surface area contributed by atoms with Crippen LogP contribution in [0.2, 0.25) is 0 Å². The third kappa shape index (κ3) is 21.2. The summed E-state index contributed by atoms with van der Waals surface area (Å²) in [7, 11) is -9.14. The first kappa shape index (κ1) is 71.8. The van der Waals surface area contributed by atoms with E-state index in [1.54, 1.807) is 0 Å². The third-order valence-electron chi connectivity index (χ3n) is 11.5. The van der Waals surface area contributed by atoms with Crippen LogP contribution in [0.5, 0.6) is 0 Å². The molecule has 0 aliphatic rings. The van der Waals surface area contributed by atoms with Crippen LogP contribution in [0.25, 0.3) is 0 Å². The Morgan fingerprint density at radius 1 is 0.313 bits per heavy atom. The molecule has 0 amide bonds. The number of rotatable bonds is 12. The Balaban J connectivity index is 0.00000107. The van der Waals surface area contributed by atoms with E-state index in [4.69, 9.17) is 19.8 Å². The molecule has 452 valence electrons. The van der Waals surface area contributed by atoms with Crippen LogP contribution < -0.4 is 42.0 Å². The van der Waals surface area contributed by atoms with Crippen molar-refractivity contribution in [1.29, 1.82) is 0 Å². The van der Waals surface area contributed by atoms with E-state index >= 15 is 0 Å². The van der Waals surface area contributed by atoms with Crippen molar-refractivity contribution in [2.24, 2.45) is 5.41 Å². The summed E-state index contributed by atoms with van der Waals surface area (Å²) in [5.41, 5.74) is -9.04. The molecular formula is C51H36F24O4P3Ru+3. The van der Waals surface area contributed by atoms with Gasteiger partial charge in [-0.15, -0.1) is 0 Å². The normalized spacial score (nSPS) is 13.0. The average Bonchev–Trinajstić information content (AvgIpc) is 3.45. The minimum Gasteiger partial charge on any atom is -0.542 e. The van der Waals surface area contributed by atoms with Crippen molar-refractivity contribution in [1.82, 2.24) is 0 Å². The maximum absolute atomic E-state index is 14.3. The van der Waals surface area contributed by atoms with Crippen molar-refractivity contribution in [2.75, 3.05) is 18.5 Å². The zero-order valence-electron chi connectivity index (χ0n) is 41.0. The van der Waals surface area contributed by atoms with Gasteiger partial charge in [0, 0.05) is 0 Å². The molecule has 0 bridgehead atoms. The van der Waals surface area contributed by atoms with Gasteiger partial charge in [0.05, 0.1) is 113 Å². The van der Waals surface area contributed by atoms with Crippen LogP contribution in [0, 0.1) is 5.41 Å². The van der Waals surface area contributed by atoms with Gasteiger partial charge in [-0.2, -0.15) is 105 Å². The SMILES string of the molecule is CC(C[PH+](c1cccc(C(F)(F)F)c1)c1cccc(C(F)(F)F)c1)(C[PH+](c1cccc(C(F)(F)F)c1)c1cccc(C(F)(F)F)c1)C[PH+](c1cccc(C(F)(F)F)c1)c1cccc(C(F)(F)F)c1.O=C([O-])C(F)(F)F.O=C([O-])C(F)(F)F.[Ru+2]. The molecule has 0 radical (unpaired) electrons. The molecule has 0 saturated carbocycles. The number of alkyl halides is 24. The number of carboxylic acid groups (broad SMARTS) is 2. The van der Waals surface area contributed by atoms with E-state index in [1.165, 1.54) is 43.3 Å². The predicted molar refractivity (Wildman–Crippen MR) is 256 cm³/mol. The summed E-state index contributed by atoms with van der Waals surface area (Å²) in [4.78, 5) is 17.6. The van der Waals surface area contributed by atoms with Crippen LogP contribution in [-0.4, -0.2) is 42.8 Å².